The number of aliphatic hydroxyl groups is 1. The molecular weight excluding hydrogens is 244 g/mol. The molecule has 0 aromatic carbocycles. The number of nitrogen functional groups attached to an aromatic ring is 1. The summed E-state index contributed by atoms with van der Waals surface area (Å²) in [6.45, 7) is 0.126. The maximum atomic E-state index is 9.38. The summed E-state index contributed by atoms with van der Waals surface area (Å²) in [7, 11) is 0. The number of aromatic nitrogens is 4. The van der Waals surface area contributed by atoms with Crippen LogP contribution in [0.1, 0.15) is 25.3 Å². The van der Waals surface area contributed by atoms with E-state index in [-0.39, 0.29) is 24.6 Å². The summed E-state index contributed by atoms with van der Waals surface area (Å²) < 4.78 is 2.03. The van der Waals surface area contributed by atoms with E-state index in [9.17, 15) is 5.11 Å². The molecule has 102 valence electrons. The van der Waals surface area contributed by atoms with Crippen LogP contribution < -0.4 is 11.5 Å². The molecule has 1 aliphatic carbocycles. The molecule has 1 aliphatic rings. The van der Waals surface area contributed by atoms with E-state index in [1.165, 1.54) is 6.33 Å². The largest absolute Gasteiger partial charge is 0.396 e. The van der Waals surface area contributed by atoms with Gasteiger partial charge in [0.05, 0.1) is 6.33 Å². The molecule has 0 radical (unpaired) electrons. The van der Waals surface area contributed by atoms with Gasteiger partial charge < -0.3 is 21.1 Å². The summed E-state index contributed by atoms with van der Waals surface area (Å²) >= 11 is 0. The van der Waals surface area contributed by atoms with Crippen molar-refractivity contribution in [3.63, 3.8) is 0 Å². The second-order valence-corrected chi connectivity index (χ2v) is 5.16. The van der Waals surface area contributed by atoms with E-state index in [1.807, 2.05) is 4.57 Å². The Balaban J connectivity index is 1.94. The Kier molecular flexibility index (Phi) is 3.08. The van der Waals surface area contributed by atoms with Gasteiger partial charge in [-0.05, 0) is 25.2 Å². The van der Waals surface area contributed by atoms with Crippen molar-refractivity contribution in [2.45, 2.75) is 31.3 Å². The highest BCUT2D eigenvalue weighted by Crippen LogP contribution is 2.33. The van der Waals surface area contributed by atoms with Crippen molar-refractivity contribution < 1.29 is 5.11 Å². The summed E-state index contributed by atoms with van der Waals surface area (Å²) in [6.07, 6.45) is 5.91. The highest BCUT2D eigenvalue weighted by atomic mass is 16.3. The molecule has 0 bridgehead atoms. The Hall–Kier alpha value is -1.73. The molecule has 0 saturated heterocycles. The molecule has 7 heteroatoms. The zero-order valence-electron chi connectivity index (χ0n) is 10.6. The zero-order valence-corrected chi connectivity index (χ0v) is 10.6. The lowest BCUT2D eigenvalue weighted by atomic mass is 9.82. The summed E-state index contributed by atoms with van der Waals surface area (Å²) in [5.74, 6) is 0.533. The van der Waals surface area contributed by atoms with Crippen LogP contribution in [0.4, 0.5) is 5.82 Å². The molecule has 0 amide bonds. The number of fused-ring (bicyclic) bond motifs is 1. The fourth-order valence-corrected chi connectivity index (χ4v) is 2.86. The Morgan fingerprint density at radius 2 is 2.16 bits per heavy atom. The zero-order chi connectivity index (χ0) is 13.4. The van der Waals surface area contributed by atoms with Crippen molar-refractivity contribution in [3.8, 4) is 0 Å². The van der Waals surface area contributed by atoms with Gasteiger partial charge in [0.2, 0.25) is 0 Å². The standard InChI is InChI=1S/C12H18N6O/c13-9-2-1-8(3-7(9)4-19)18-6-17-10-11(14)15-5-16-12(10)18/h5-9,19H,1-4,13H2,(H2,14,15,16). The number of hydrogen-bond acceptors (Lipinski definition) is 6. The van der Waals surface area contributed by atoms with Crippen molar-refractivity contribution in [2.75, 3.05) is 12.3 Å². The van der Waals surface area contributed by atoms with Crippen molar-refractivity contribution >= 4 is 17.0 Å². The molecule has 2 aromatic heterocycles. The number of hydrogen-bond donors (Lipinski definition) is 3. The number of imidazole rings is 1. The van der Waals surface area contributed by atoms with Gasteiger partial charge >= 0.3 is 0 Å². The maximum Gasteiger partial charge on any atom is 0.165 e. The minimum absolute atomic E-state index is 0.0794. The minimum atomic E-state index is 0.0794. The van der Waals surface area contributed by atoms with Crippen LogP contribution in [0.3, 0.4) is 0 Å². The molecule has 7 nitrogen and oxygen atoms in total. The molecule has 3 unspecified atom stereocenters. The van der Waals surface area contributed by atoms with Crippen molar-refractivity contribution in [3.05, 3.63) is 12.7 Å². The molecule has 0 spiro atoms. The summed E-state index contributed by atoms with van der Waals surface area (Å²) in [5, 5.41) is 9.38. The van der Waals surface area contributed by atoms with Crippen molar-refractivity contribution in [1.82, 2.24) is 19.5 Å². The monoisotopic (exact) mass is 262 g/mol. The van der Waals surface area contributed by atoms with Gasteiger partial charge in [-0.3, -0.25) is 0 Å². The lowest BCUT2D eigenvalue weighted by Gasteiger charge is -2.33. The highest BCUT2D eigenvalue weighted by Gasteiger charge is 2.29. The van der Waals surface area contributed by atoms with Gasteiger partial charge in [0.25, 0.3) is 0 Å². The van der Waals surface area contributed by atoms with Gasteiger partial charge in [0, 0.05) is 18.7 Å². The average molecular weight is 262 g/mol. The third-order valence-corrected chi connectivity index (χ3v) is 4.03. The van der Waals surface area contributed by atoms with Crippen LogP contribution in [-0.4, -0.2) is 37.3 Å². The molecule has 1 fully saturated rings. The second kappa shape index (κ2) is 4.75. The first-order valence-corrected chi connectivity index (χ1v) is 6.50. The van der Waals surface area contributed by atoms with Gasteiger partial charge in [-0.15, -0.1) is 0 Å². The molecule has 3 rings (SSSR count). The van der Waals surface area contributed by atoms with E-state index in [0.717, 1.165) is 24.9 Å². The van der Waals surface area contributed by atoms with Crippen molar-refractivity contribution in [1.29, 1.82) is 0 Å². The number of aliphatic hydroxyl groups excluding tert-OH is 1. The summed E-state index contributed by atoms with van der Waals surface area (Å²) in [5.41, 5.74) is 13.2. The molecule has 5 N–H and O–H groups in total. The fourth-order valence-electron chi connectivity index (χ4n) is 2.86. The molecule has 3 atom stereocenters. The fraction of sp³-hybridized carbons (Fsp3) is 0.583. The molecule has 0 aliphatic heterocycles. The molecule has 2 aromatic rings. The van der Waals surface area contributed by atoms with E-state index < -0.39 is 0 Å². The quantitative estimate of drug-likeness (QED) is 0.705. The highest BCUT2D eigenvalue weighted by molar-refractivity contribution is 5.81. The molecular formula is C12H18N6O. The van der Waals surface area contributed by atoms with Crippen LogP contribution in [0.25, 0.3) is 11.2 Å². The van der Waals surface area contributed by atoms with E-state index >= 15 is 0 Å². The van der Waals surface area contributed by atoms with Gasteiger partial charge in [0.15, 0.2) is 11.5 Å². The third kappa shape index (κ3) is 2.04. The summed E-state index contributed by atoms with van der Waals surface area (Å²) in [4.78, 5) is 12.5. The van der Waals surface area contributed by atoms with Crippen LogP contribution >= 0.6 is 0 Å². The summed E-state index contributed by atoms with van der Waals surface area (Å²) in [6, 6.07) is 0.340. The van der Waals surface area contributed by atoms with Gasteiger partial charge in [-0.2, -0.15) is 0 Å². The first-order valence-electron chi connectivity index (χ1n) is 6.50. The minimum Gasteiger partial charge on any atom is -0.396 e. The smallest absolute Gasteiger partial charge is 0.165 e. The Morgan fingerprint density at radius 1 is 1.32 bits per heavy atom. The Bertz CT molecular complexity index is 583. The predicted molar refractivity (Wildman–Crippen MR) is 71.2 cm³/mol. The number of anilines is 1. The molecule has 2 heterocycles. The normalized spacial score (nSPS) is 27.8. The van der Waals surface area contributed by atoms with Crippen LogP contribution in [-0.2, 0) is 0 Å². The van der Waals surface area contributed by atoms with Crippen LogP contribution in [0.2, 0.25) is 0 Å². The van der Waals surface area contributed by atoms with Crippen LogP contribution in [0.5, 0.6) is 0 Å². The lowest BCUT2D eigenvalue weighted by Crippen LogP contribution is -2.38. The molecule has 1 saturated carbocycles. The topological polar surface area (TPSA) is 116 Å². The first kappa shape index (κ1) is 12.3. The Morgan fingerprint density at radius 3 is 2.95 bits per heavy atom. The number of nitrogens with two attached hydrogens (primary N) is 2. The third-order valence-electron chi connectivity index (χ3n) is 4.03. The number of rotatable bonds is 2. The first-order chi connectivity index (χ1) is 9.20. The van der Waals surface area contributed by atoms with E-state index in [1.54, 1.807) is 6.33 Å². The SMILES string of the molecule is Nc1ncnc2c1ncn2C1CCC(N)C(CO)C1. The maximum absolute atomic E-state index is 9.38. The van der Waals surface area contributed by atoms with Crippen LogP contribution in [0, 0.1) is 5.92 Å². The van der Waals surface area contributed by atoms with Crippen LogP contribution in [0.15, 0.2) is 12.7 Å². The molecule has 19 heavy (non-hydrogen) atoms. The van der Waals surface area contributed by atoms with E-state index in [4.69, 9.17) is 11.5 Å². The second-order valence-electron chi connectivity index (χ2n) is 5.16. The predicted octanol–water partition coefficient (Wildman–Crippen LogP) is 0.0693. The van der Waals surface area contributed by atoms with Crippen molar-refractivity contribution in [2.24, 2.45) is 11.7 Å². The van der Waals surface area contributed by atoms with E-state index in [0.29, 0.717) is 11.3 Å². The van der Waals surface area contributed by atoms with Gasteiger partial charge in [0.1, 0.15) is 11.8 Å². The Labute approximate surface area is 110 Å². The average Bonchev–Trinajstić information content (AvgIpc) is 2.85. The van der Waals surface area contributed by atoms with Gasteiger partial charge in [-0.25, -0.2) is 15.0 Å². The lowest BCUT2D eigenvalue weighted by molar-refractivity contribution is 0.144. The van der Waals surface area contributed by atoms with E-state index in [2.05, 4.69) is 15.0 Å². The number of nitrogens with zero attached hydrogens (tertiary/aromatic N) is 4. The van der Waals surface area contributed by atoms with Gasteiger partial charge in [-0.1, -0.05) is 0 Å².